The van der Waals surface area contributed by atoms with Crippen molar-refractivity contribution < 1.29 is 41.1 Å². The van der Waals surface area contributed by atoms with Crippen LogP contribution in [0.5, 0.6) is 0 Å². The third kappa shape index (κ3) is 4.50. The van der Waals surface area contributed by atoms with E-state index in [1.54, 1.807) is 0 Å². The van der Waals surface area contributed by atoms with Crippen molar-refractivity contribution in [1.82, 2.24) is 8.80 Å². The lowest BCUT2D eigenvalue weighted by molar-refractivity contribution is 1.29. The first kappa shape index (κ1) is 15.4. The van der Waals surface area contributed by atoms with Gasteiger partial charge in [0.25, 0.3) is 0 Å². The SMILES string of the molecule is [2H]c1c([2H])c([2H])c(N(c2ccc(C([2H])([2H])[2H])cc2)c2c([2H])c([2H])c3c4c([2H])c5c(c([2H])c4n4c6c([2H])c([2H])c([2H])c([2H])c6c2c34)c2c([2H])c([2H])c(N(c3ccc(C([2H])([2H])[2H])cc3)c3c([2H])c([2H])c([2H])c([2H])c3[2H])c3c4c([2H])c([2H])c([2H])c([2H])c4n5c23)c([2H])c1[2H]. The van der Waals surface area contributed by atoms with E-state index in [1.807, 2.05) is 0 Å². The van der Waals surface area contributed by atoms with Gasteiger partial charge in [-0.15, -0.1) is 0 Å². The van der Waals surface area contributed by atoms with Crippen molar-refractivity contribution in [1.29, 1.82) is 0 Å². The van der Waals surface area contributed by atoms with Gasteiger partial charge < -0.3 is 18.6 Å². The molecule has 60 heavy (non-hydrogen) atoms. The van der Waals surface area contributed by atoms with Crippen LogP contribution in [0.4, 0.5) is 34.1 Å². The van der Waals surface area contributed by atoms with Crippen LogP contribution in [0.2, 0.25) is 0 Å². The van der Waals surface area contributed by atoms with E-state index in [2.05, 4.69) is 0 Å². The summed E-state index contributed by atoms with van der Waals surface area (Å²) in [6.07, 6.45) is 0. The van der Waals surface area contributed by atoms with Crippen molar-refractivity contribution in [3.63, 3.8) is 0 Å². The molecule has 282 valence electrons. The second-order valence-corrected chi connectivity index (χ2v) is 13.9. The largest absolute Gasteiger partial charge is 0.310 e. The van der Waals surface area contributed by atoms with Gasteiger partial charge in [-0.1, -0.05) is 120 Å². The lowest BCUT2D eigenvalue weighted by Crippen LogP contribution is -2.10. The van der Waals surface area contributed by atoms with Crippen LogP contribution in [0, 0.1) is 13.7 Å². The number of fused-ring (bicyclic) bond motifs is 12. The van der Waals surface area contributed by atoms with Crippen LogP contribution in [0.3, 0.4) is 0 Å². The third-order valence-corrected chi connectivity index (χ3v) is 10.8. The van der Waals surface area contributed by atoms with Crippen LogP contribution in [0.1, 0.15) is 52.2 Å². The van der Waals surface area contributed by atoms with Crippen molar-refractivity contribution in [2.75, 3.05) is 9.80 Å². The minimum atomic E-state index is -2.69. The fourth-order valence-corrected chi connectivity index (χ4v) is 8.41. The summed E-state index contributed by atoms with van der Waals surface area (Å²) in [6, 6.07) is -10.2. The van der Waals surface area contributed by atoms with Gasteiger partial charge in [0.05, 0.1) is 77.4 Å². The Morgan fingerprint density at radius 1 is 0.367 bits per heavy atom. The first-order chi connectivity index (χ1) is 42.0. The molecule has 4 nitrogen and oxygen atoms in total. The molecule has 4 heteroatoms. The number of rotatable bonds is 6. The predicted octanol–water partition coefficient (Wildman–Crippen LogP) is 15.5. The molecule has 0 fully saturated rings. The molecule has 4 aromatic heterocycles. The number of aromatic nitrogens is 2. The van der Waals surface area contributed by atoms with E-state index in [0.29, 0.717) is 0 Å². The van der Waals surface area contributed by atoms with Gasteiger partial charge in [0.15, 0.2) is 0 Å². The highest BCUT2D eigenvalue weighted by Gasteiger charge is 2.27. The van der Waals surface area contributed by atoms with Crippen molar-refractivity contribution in [2.24, 2.45) is 0 Å². The van der Waals surface area contributed by atoms with E-state index in [4.69, 9.17) is 21.9 Å². The zero-order valence-corrected chi connectivity index (χ0v) is 30.4. The topological polar surface area (TPSA) is 15.3 Å². The van der Waals surface area contributed by atoms with E-state index < -0.39 is 214 Å². The molecule has 0 bridgehead atoms. The third-order valence-electron chi connectivity index (χ3n) is 10.8. The van der Waals surface area contributed by atoms with Crippen LogP contribution in [0.25, 0.3) is 76.2 Å². The Morgan fingerprint density at radius 3 is 1.18 bits per heavy atom. The molecule has 13 rings (SSSR count). The lowest BCUT2D eigenvalue weighted by Gasteiger charge is -2.26. The first-order valence-electron chi connectivity index (χ1n) is 33.3. The minimum Gasteiger partial charge on any atom is -0.310 e. The fourth-order valence-electron chi connectivity index (χ4n) is 8.41. The molecule has 0 N–H and O–H groups in total. The smallest absolute Gasteiger partial charge is 0.0653 e. The van der Waals surface area contributed by atoms with Gasteiger partial charge in [0, 0.05) is 74.1 Å². The summed E-state index contributed by atoms with van der Waals surface area (Å²) in [4.78, 5) is 1.95. The van der Waals surface area contributed by atoms with Gasteiger partial charge in [-0.05, 0) is 98.4 Å². The van der Waals surface area contributed by atoms with Gasteiger partial charge in [0.2, 0.25) is 0 Å². The maximum atomic E-state index is 10.5. The summed E-state index contributed by atoms with van der Waals surface area (Å²) in [5.74, 6) is 0. The van der Waals surface area contributed by atoms with Gasteiger partial charge in [-0.25, -0.2) is 0 Å². The zero-order valence-electron chi connectivity index (χ0n) is 60.4. The maximum Gasteiger partial charge on any atom is 0.0653 e. The van der Waals surface area contributed by atoms with E-state index in [9.17, 15) is 19.2 Å². The molecule has 0 saturated carbocycles. The Labute approximate surface area is 388 Å². The van der Waals surface area contributed by atoms with E-state index >= 15 is 0 Å². The molecular formula is C56H38N4. The number of hydrogen-bond acceptors (Lipinski definition) is 2. The molecule has 0 aliphatic carbocycles. The average molecular weight is 797 g/mol. The highest BCUT2D eigenvalue weighted by Crippen LogP contribution is 2.51. The van der Waals surface area contributed by atoms with Gasteiger partial charge in [0.1, 0.15) is 0 Å². The highest BCUT2D eigenvalue weighted by atomic mass is 15.2. The van der Waals surface area contributed by atoms with Crippen molar-refractivity contribution in [3.05, 3.63) is 205 Å². The second kappa shape index (κ2) is 12.3. The molecule has 0 amide bonds. The summed E-state index contributed by atoms with van der Waals surface area (Å²) >= 11 is 0. The van der Waals surface area contributed by atoms with Crippen LogP contribution >= 0.6 is 0 Å². The second-order valence-electron chi connectivity index (χ2n) is 13.9. The molecule has 0 radical (unpaired) electrons. The summed E-state index contributed by atoms with van der Waals surface area (Å²) in [6.45, 7) is -5.38. The molecule has 4 heterocycles. The molecule has 0 unspecified atom stereocenters. The number of nitrogens with zero attached hydrogens (tertiary/aromatic N) is 4. The van der Waals surface area contributed by atoms with E-state index in [-0.39, 0.29) is 65.9 Å². The lowest BCUT2D eigenvalue weighted by atomic mass is 10.0. The number of para-hydroxylation sites is 4. The normalized spacial score (nSPS) is 19.7. The molecule has 0 aliphatic rings. The van der Waals surface area contributed by atoms with Crippen LogP contribution < -0.4 is 9.80 Å². The number of hydrogen-bond donors (Lipinski definition) is 0. The number of aryl methyl sites for hydroxylation is 2. The van der Waals surface area contributed by atoms with Gasteiger partial charge >= 0.3 is 0 Å². The Balaban J connectivity index is 1.28. The Hall–Kier alpha value is -7.82. The standard InChI is InChI=1S/C56H38N4/c1-35-21-25-39(26-22-35)57(37-13-5-3-6-14-37)49-31-29-41-45-33-52-46(34-51(45)59-47-19-11-9-17-43(47)53(49)55(41)59)42-30-32-50(54-44-18-10-12-20-48(44)60(52)56(42)54)58(38-15-7-4-8-16-38)40-27-23-36(2)24-28-40/h3-34H,1-2H3/i1D3,2D3,3D,4D,5D,6D,7D,8D,9D,10D,11D,12D,13D,14D,15D,16D,17D,18D,19D,20D,29D,30D,31D,32D,33D,34D. The van der Waals surface area contributed by atoms with Crippen molar-refractivity contribution in [3.8, 4) is 0 Å². The molecule has 9 aromatic carbocycles. The first-order valence-corrected chi connectivity index (χ1v) is 18.3. The Kier molecular flexibility index (Phi) is 3.17. The molecule has 0 aliphatic heterocycles. The summed E-state index contributed by atoms with van der Waals surface area (Å²) in [5.41, 5.74) is -5.38. The van der Waals surface area contributed by atoms with Gasteiger partial charge in [-0.2, -0.15) is 0 Å². The molecule has 0 spiro atoms. The molecule has 0 atom stereocenters. The van der Waals surface area contributed by atoms with Gasteiger partial charge in [-0.3, -0.25) is 0 Å². The zero-order chi connectivity index (χ0) is 65.5. The maximum absolute atomic E-state index is 10.5. The summed E-state index contributed by atoms with van der Waals surface area (Å²) < 4.78 is 275. The molecule has 13 aromatic rings. The van der Waals surface area contributed by atoms with Crippen LogP contribution in [0.15, 0.2) is 194 Å². The highest BCUT2D eigenvalue weighted by molar-refractivity contribution is 6.32. The van der Waals surface area contributed by atoms with E-state index in [0.717, 1.165) is 42.9 Å². The van der Waals surface area contributed by atoms with Crippen LogP contribution in [-0.2, 0) is 0 Å². The monoisotopic (exact) mass is 796 g/mol. The van der Waals surface area contributed by atoms with Crippen molar-refractivity contribution in [2.45, 2.75) is 13.7 Å². The van der Waals surface area contributed by atoms with E-state index in [1.165, 1.54) is 24.3 Å². The van der Waals surface area contributed by atoms with Crippen LogP contribution in [-0.4, -0.2) is 8.80 Å². The molecule has 0 saturated heterocycles. The average Bonchev–Trinajstić information content (AvgIpc) is 1.49. The number of benzene rings is 9. The summed E-state index contributed by atoms with van der Waals surface area (Å²) in [5, 5.41) is -3.03. The Morgan fingerprint density at radius 2 is 0.767 bits per heavy atom. The Bertz CT molecular complexity index is 5040. The minimum absolute atomic E-state index is 0.167. The fraction of sp³-hybridized carbons (Fsp3) is 0.0357. The number of anilines is 6. The predicted molar refractivity (Wildman–Crippen MR) is 255 cm³/mol. The molecular weight excluding hydrogens is 729 g/mol. The summed E-state index contributed by atoms with van der Waals surface area (Å²) in [7, 11) is 0. The quantitative estimate of drug-likeness (QED) is 0.167. The van der Waals surface area contributed by atoms with Crippen molar-refractivity contribution >= 4 is 110 Å².